The predicted octanol–water partition coefficient (Wildman–Crippen LogP) is -0.783. The van der Waals surface area contributed by atoms with Crippen LogP contribution in [0.25, 0.3) is 0 Å². The third-order valence-electron chi connectivity index (χ3n) is 1.70. The molecule has 0 fully saturated rings. The van der Waals surface area contributed by atoms with Gasteiger partial charge in [0.1, 0.15) is 9.79 Å². The molecule has 1 aromatic carbocycles. The lowest BCUT2D eigenvalue weighted by Crippen LogP contribution is -2.19. The summed E-state index contributed by atoms with van der Waals surface area (Å²) in [4.78, 5) is -1.19. The molecule has 0 atom stereocenters. The van der Waals surface area contributed by atoms with Crippen LogP contribution in [0.1, 0.15) is 0 Å². The van der Waals surface area contributed by atoms with Crippen LogP contribution in [0.15, 0.2) is 21.9 Å². The quantitative estimate of drug-likeness (QED) is 0.610. The Morgan fingerprint density at radius 3 is 1.88 bits per heavy atom. The summed E-state index contributed by atoms with van der Waals surface area (Å²) in [6, 6.07) is 2.04. The number of primary sulfonamides is 2. The molecule has 16 heavy (non-hydrogen) atoms. The van der Waals surface area contributed by atoms with E-state index >= 15 is 0 Å². The molecule has 10 heteroatoms. The molecule has 0 saturated heterocycles. The van der Waals surface area contributed by atoms with Crippen molar-refractivity contribution in [2.75, 3.05) is 5.73 Å². The van der Waals surface area contributed by atoms with Crippen LogP contribution in [-0.2, 0) is 20.0 Å². The highest BCUT2D eigenvalue weighted by Gasteiger charge is 2.23. The maximum absolute atomic E-state index is 11.1. The zero-order valence-electron chi connectivity index (χ0n) is 7.71. The number of hydrogen-bond donors (Lipinski definition) is 3. The number of rotatable bonds is 2. The summed E-state index contributed by atoms with van der Waals surface area (Å²) in [5, 5.41) is 9.41. The molecule has 0 bridgehead atoms. The van der Waals surface area contributed by atoms with Gasteiger partial charge in [0.25, 0.3) is 0 Å². The van der Waals surface area contributed by atoms with E-state index < -0.39 is 35.5 Å². The van der Waals surface area contributed by atoms with Crippen molar-refractivity contribution in [1.82, 2.24) is 0 Å². The summed E-state index contributed by atoms with van der Waals surface area (Å²) in [6.07, 6.45) is 0. The fourth-order valence-electron chi connectivity index (χ4n) is 1.09. The van der Waals surface area contributed by atoms with Gasteiger partial charge in [0.2, 0.25) is 20.0 Å². The minimum atomic E-state index is -4.22. The van der Waals surface area contributed by atoms with Gasteiger partial charge in [-0.15, -0.1) is 0 Å². The maximum Gasteiger partial charge on any atom is 0.241 e. The molecular weight excluding hydrogens is 278 g/mol. The monoisotopic (exact) mass is 285 g/mol. The topological polar surface area (TPSA) is 146 Å². The molecule has 0 amide bonds. The summed E-state index contributed by atoms with van der Waals surface area (Å²) in [7, 11) is -8.36. The SMILES string of the molecule is Nc1c(S(N)(=O)=O)ccc(Cl)c1S(N)(=O)=O. The number of nitrogens with two attached hydrogens (primary N) is 3. The molecule has 1 aromatic rings. The van der Waals surface area contributed by atoms with Crippen molar-refractivity contribution < 1.29 is 16.8 Å². The Labute approximate surface area is 97.3 Å². The van der Waals surface area contributed by atoms with Gasteiger partial charge >= 0.3 is 0 Å². The summed E-state index contributed by atoms with van der Waals surface area (Å²) in [5.41, 5.74) is 4.77. The highest BCUT2D eigenvalue weighted by Crippen LogP contribution is 2.31. The van der Waals surface area contributed by atoms with Crippen LogP contribution >= 0.6 is 11.6 Å². The van der Waals surface area contributed by atoms with Gasteiger partial charge in [0, 0.05) is 0 Å². The second-order valence-electron chi connectivity index (χ2n) is 2.88. The first-order valence-electron chi connectivity index (χ1n) is 3.68. The molecule has 90 valence electrons. The van der Waals surface area contributed by atoms with Crippen LogP contribution in [-0.4, -0.2) is 16.8 Å². The van der Waals surface area contributed by atoms with E-state index in [1.807, 2.05) is 0 Å². The van der Waals surface area contributed by atoms with Gasteiger partial charge in [-0.25, -0.2) is 27.1 Å². The number of nitrogen functional groups attached to an aromatic ring is 1. The third-order valence-corrected chi connectivity index (χ3v) is 4.10. The maximum atomic E-state index is 11.1. The molecule has 0 unspecified atom stereocenters. The zero-order valence-corrected chi connectivity index (χ0v) is 10.1. The van der Waals surface area contributed by atoms with Crippen LogP contribution < -0.4 is 16.0 Å². The van der Waals surface area contributed by atoms with Gasteiger partial charge in [-0.2, -0.15) is 0 Å². The molecule has 0 saturated carbocycles. The molecule has 7 nitrogen and oxygen atoms in total. The van der Waals surface area contributed by atoms with Gasteiger partial charge in [-0.3, -0.25) is 0 Å². The minimum Gasteiger partial charge on any atom is -0.396 e. The molecule has 1 rings (SSSR count). The van der Waals surface area contributed by atoms with Crippen molar-refractivity contribution in [3.8, 4) is 0 Å². The molecule has 0 aromatic heterocycles. The van der Waals surface area contributed by atoms with Crippen molar-refractivity contribution >= 4 is 37.3 Å². The van der Waals surface area contributed by atoms with Crippen molar-refractivity contribution in [3.05, 3.63) is 17.2 Å². The first-order chi connectivity index (χ1) is 7.05. The third kappa shape index (κ3) is 2.44. The number of sulfonamides is 2. The number of hydrogen-bond acceptors (Lipinski definition) is 5. The Hall–Kier alpha value is -0.870. The standard InChI is InChI=1S/C6H8ClN3O4S2/c7-3-1-2-4(15(9,11)12)5(8)6(3)16(10,13)14/h1-2H,8H2,(H2,9,11,12)(H2,10,13,14). The van der Waals surface area contributed by atoms with E-state index in [-0.39, 0.29) is 5.02 Å². The largest absolute Gasteiger partial charge is 0.396 e. The summed E-state index contributed by atoms with van der Waals surface area (Å²) >= 11 is 5.56. The van der Waals surface area contributed by atoms with E-state index in [9.17, 15) is 16.8 Å². The van der Waals surface area contributed by atoms with E-state index in [1.165, 1.54) is 0 Å². The average molecular weight is 286 g/mol. The first kappa shape index (κ1) is 13.2. The van der Waals surface area contributed by atoms with Crippen LogP contribution in [0.5, 0.6) is 0 Å². The second kappa shape index (κ2) is 3.86. The highest BCUT2D eigenvalue weighted by molar-refractivity contribution is 7.90. The van der Waals surface area contributed by atoms with Gasteiger partial charge in [-0.1, -0.05) is 11.6 Å². The number of halogens is 1. The van der Waals surface area contributed by atoms with Gasteiger partial charge < -0.3 is 5.73 Å². The van der Waals surface area contributed by atoms with Gasteiger partial charge in [0.05, 0.1) is 10.7 Å². The Kier molecular flexibility index (Phi) is 3.18. The summed E-state index contributed by atoms with van der Waals surface area (Å²) in [6.45, 7) is 0. The summed E-state index contributed by atoms with van der Waals surface area (Å²) in [5.74, 6) is 0. The molecule has 6 N–H and O–H groups in total. The van der Waals surface area contributed by atoms with E-state index in [2.05, 4.69) is 0 Å². The predicted molar refractivity (Wildman–Crippen MR) is 58.6 cm³/mol. The Bertz CT molecular complexity index is 638. The zero-order chi connectivity index (χ0) is 12.7. The fourth-order valence-corrected chi connectivity index (χ4v) is 3.07. The Balaban J connectivity index is 3.79. The van der Waals surface area contributed by atoms with E-state index in [1.54, 1.807) is 0 Å². The number of benzene rings is 1. The number of anilines is 1. The van der Waals surface area contributed by atoms with Crippen LogP contribution in [0, 0.1) is 0 Å². The van der Waals surface area contributed by atoms with Crippen LogP contribution in [0.3, 0.4) is 0 Å². The van der Waals surface area contributed by atoms with Crippen molar-refractivity contribution in [3.63, 3.8) is 0 Å². The molecule has 0 spiro atoms. The smallest absolute Gasteiger partial charge is 0.241 e. The van der Waals surface area contributed by atoms with Crippen molar-refractivity contribution in [2.24, 2.45) is 10.3 Å². The van der Waals surface area contributed by atoms with E-state index in [0.29, 0.717) is 0 Å². The highest BCUT2D eigenvalue weighted by atomic mass is 35.5. The van der Waals surface area contributed by atoms with Gasteiger partial charge in [-0.05, 0) is 12.1 Å². The van der Waals surface area contributed by atoms with Crippen LogP contribution in [0.2, 0.25) is 5.02 Å². The first-order valence-corrected chi connectivity index (χ1v) is 7.16. The average Bonchev–Trinajstić information content (AvgIpc) is 1.97. The summed E-state index contributed by atoms with van der Waals surface area (Å²) < 4.78 is 44.4. The Morgan fingerprint density at radius 2 is 1.50 bits per heavy atom. The molecule has 0 aliphatic heterocycles. The lowest BCUT2D eigenvalue weighted by atomic mass is 10.3. The molecule has 0 aliphatic rings. The van der Waals surface area contributed by atoms with E-state index in [0.717, 1.165) is 12.1 Å². The fraction of sp³-hybridized carbons (Fsp3) is 0. The Morgan fingerprint density at radius 1 is 1.00 bits per heavy atom. The van der Waals surface area contributed by atoms with Crippen molar-refractivity contribution in [2.45, 2.75) is 9.79 Å². The van der Waals surface area contributed by atoms with E-state index in [4.69, 9.17) is 27.6 Å². The minimum absolute atomic E-state index is 0.271. The second-order valence-corrected chi connectivity index (χ2v) is 6.31. The molecule has 0 aliphatic carbocycles. The lowest BCUT2D eigenvalue weighted by molar-refractivity contribution is 0.597. The molecular formula is C6H8ClN3O4S2. The molecule has 0 radical (unpaired) electrons. The lowest BCUT2D eigenvalue weighted by Gasteiger charge is -2.09. The molecule has 0 heterocycles. The van der Waals surface area contributed by atoms with Gasteiger partial charge in [0.15, 0.2) is 0 Å². The van der Waals surface area contributed by atoms with Crippen LogP contribution in [0.4, 0.5) is 5.69 Å². The normalized spacial score (nSPS) is 12.7. The van der Waals surface area contributed by atoms with Crippen molar-refractivity contribution in [1.29, 1.82) is 0 Å².